The molecule has 0 fully saturated rings. The van der Waals surface area contributed by atoms with Crippen LogP contribution in [0.5, 0.6) is 5.75 Å². The summed E-state index contributed by atoms with van der Waals surface area (Å²) in [6.07, 6.45) is -0.453. The average molecular weight is 340 g/mol. The molecule has 2 N–H and O–H groups in total. The van der Waals surface area contributed by atoms with Crippen LogP contribution in [0.1, 0.15) is 20.8 Å². The molecule has 128 valence electrons. The lowest BCUT2D eigenvalue weighted by Gasteiger charge is -2.19. The zero-order valence-electron chi connectivity index (χ0n) is 14.0. The van der Waals surface area contributed by atoms with Crippen LogP contribution in [-0.4, -0.2) is 47.8 Å². The van der Waals surface area contributed by atoms with Gasteiger partial charge in [0.15, 0.2) is 0 Å². The predicted octanol–water partition coefficient (Wildman–Crippen LogP) is 2.61. The Bertz CT molecular complexity index is 526. The molecule has 0 bridgehead atoms. The van der Waals surface area contributed by atoms with Gasteiger partial charge in [0.1, 0.15) is 11.4 Å². The Morgan fingerprint density at radius 2 is 1.87 bits per heavy atom. The number of hydrogen-bond donors (Lipinski definition) is 2. The highest BCUT2D eigenvalue weighted by atomic mass is 32.2. The van der Waals surface area contributed by atoms with Crippen molar-refractivity contribution in [3.8, 4) is 5.75 Å². The molecule has 1 aromatic carbocycles. The van der Waals surface area contributed by atoms with Gasteiger partial charge >= 0.3 is 6.09 Å². The molecule has 0 spiro atoms. The first-order valence-electron chi connectivity index (χ1n) is 7.29. The largest absolute Gasteiger partial charge is 0.508 e. The van der Waals surface area contributed by atoms with Gasteiger partial charge in [-0.2, -0.15) is 11.8 Å². The Morgan fingerprint density at radius 3 is 2.43 bits per heavy atom. The maximum Gasteiger partial charge on any atom is 0.407 e. The Labute approximate surface area is 141 Å². The monoisotopic (exact) mass is 340 g/mol. The number of carbonyl (C=O) groups excluding carboxylic acids is 2. The number of phenolic OH excluding ortho intramolecular Hbond substituents is 1. The van der Waals surface area contributed by atoms with E-state index in [1.807, 2.05) is 0 Å². The minimum Gasteiger partial charge on any atom is -0.508 e. The van der Waals surface area contributed by atoms with Gasteiger partial charge in [0.2, 0.25) is 5.91 Å². The van der Waals surface area contributed by atoms with Crippen molar-refractivity contribution in [2.45, 2.75) is 26.4 Å². The maximum atomic E-state index is 12.0. The van der Waals surface area contributed by atoms with Crippen LogP contribution in [0.4, 0.5) is 10.5 Å². The van der Waals surface area contributed by atoms with E-state index in [1.165, 1.54) is 28.8 Å². The Morgan fingerprint density at radius 1 is 1.26 bits per heavy atom. The van der Waals surface area contributed by atoms with Crippen LogP contribution in [0.2, 0.25) is 0 Å². The number of hydrogen-bond acceptors (Lipinski definition) is 5. The van der Waals surface area contributed by atoms with Crippen LogP contribution in [0.15, 0.2) is 24.3 Å². The van der Waals surface area contributed by atoms with E-state index < -0.39 is 11.7 Å². The number of thioether (sulfide) groups is 1. The molecule has 0 aliphatic rings. The summed E-state index contributed by atoms with van der Waals surface area (Å²) in [6, 6.07) is 6.44. The first-order chi connectivity index (χ1) is 10.7. The van der Waals surface area contributed by atoms with E-state index in [2.05, 4.69) is 5.32 Å². The smallest absolute Gasteiger partial charge is 0.407 e. The molecule has 7 heteroatoms. The highest BCUT2D eigenvalue weighted by molar-refractivity contribution is 7.99. The van der Waals surface area contributed by atoms with Gasteiger partial charge < -0.3 is 20.1 Å². The fourth-order valence-electron chi connectivity index (χ4n) is 1.62. The molecule has 2 amide bonds. The van der Waals surface area contributed by atoms with E-state index in [-0.39, 0.29) is 11.7 Å². The van der Waals surface area contributed by atoms with Crippen molar-refractivity contribution in [1.82, 2.24) is 5.32 Å². The lowest BCUT2D eigenvalue weighted by atomic mass is 10.2. The van der Waals surface area contributed by atoms with E-state index >= 15 is 0 Å². The van der Waals surface area contributed by atoms with Crippen LogP contribution in [0, 0.1) is 0 Å². The van der Waals surface area contributed by atoms with Gasteiger partial charge in [-0.1, -0.05) is 0 Å². The van der Waals surface area contributed by atoms with Gasteiger partial charge in [-0.05, 0) is 45.0 Å². The summed E-state index contributed by atoms with van der Waals surface area (Å²) in [7, 11) is 1.69. The molecule has 1 rings (SSSR count). The van der Waals surface area contributed by atoms with Gasteiger partial charge in [-0.15, -0.1) is 0 Å². The maximum absolute atomic E-state index is 12.0. The number of benzene rings is 1. The third-order valence-electron chi connectivity index (χ3n) is 2.75. The number of nitrogens with zero attached hydrogens (tertiary/aromatic N) is 1. The molecule has 0 heterocycles. The van der Waals surface area contributed by atoms with Crippen LogP contribution in [0.25, 0.3) is 0 Å². The molecule has 0 atom stereocenters. The number of amides is 2. The standard InChI is InChI=1S/C16H24N2O4S/c1-16(2,3)22-15(21)17-9-10-23-11-14(20)18(4)12-5-7-13(19)8-6-12/h5-8,19H,9-11H2,1-4H3,(H,17,21). The van der Waals surface area contributed by atoms with Gasteiger partial charge in [-0.25, -0.2) is 4.79 Å². The molecule has 0 aromatic heterocycles. The van der Waals surface area contributed by atoms with Crippen molar-refractivity contribution in [2.24, 2.45) is 0 Å². The summed E-state index contributed by atoms with van der Waals surface area (Å²) in [5, 5.41) is 11.9. The van der Waals surface area contributed by atoms with E-state index in [0.717, 1.165) is 5.69 Å². The topological polar surface area (TPSA) is 78.9 Å². The highest BCUT2D eigenvalue weighted by Gasteiger charge is 2.15. The van der Waals surface area contributed by atoms with Crippen molar-refractivity contribution in [3.63, 3.8) is 0 Å². The number of aromatic hydroxyl groups is 1. The van der Waals surface area contributed by atoms with Crippen molar-refractivity contribution >= 4 is 29.4 Å². The van der Waals surface area contributed by atoms with E-state index in [9.17, 15) is 14.7 Å². The number of anilines is 1. The second-order valence-corrected chi connectivity index (χ2v) is 7.06. The summed E-state index contributed by atoms with van der Waals surface area (Å²) in [4.78, 5) is 25.0. The number of rotatable bonds is 6. The number of carbonyl (C=O) groups is 2. The fraction of sp³-hybridized carbons (Fsp3) is 0.500. The normalized spacial score (nSPS) is 11.0. The van der Waals surface area contributed by atoms with Gasteiger partial charge in [0.05, 0.1) is 5.75 Å². The third kappa shape index (κ3) is 7.78. The Hall–Kier alpha value is -1.89. The second-order valence-electron chi connectivity index (χ2n) is 5.95. The fourth-order valence-corrected chi connectivity index (χ4v) is 2.37. The zero-order valence-corrected chi connectivity index (χ0v) is 14.8. The van der Waals surface area contributed by atoms with E-state index in [1.54, 1.807) is 40.0 Å². The molecule has 0 saturated heterocycles. The second kappa shape index (κ2) is 8.67. The molecule has 0 aliphatic heterocycles. The molecule has 6 nitrogen and oxygen atoms in total. The number of nitrogens with one attached hydrogen (secondary N) is 1. The average Bonchev–Trinajstić information content (AvgIpc) is 2.45. The molecule has 23 heavy (non-hydrogen) atoms. The van der Waals surface area contributed by atoms with Crippen molar-refractivity contribution in [1.29, 1.82) is 0 Å². The third-order valence-corrected chi connectivity index (χ3v) is 3.70. The summed E-state index contributed by atoms with van der Waals surface area (Å²) in [6.45, 7) is 5.85. The number of alkyl carbamates (subject to hydrolysis) is 1. The SMILES string of the molecule is CN(C(=O)CSCCNC(=O)OC(C)(C)C)c1ccc(O)cc1. The van der Waals surface area contributed by atoms with E-state index in [4.69, 9.17) is 4.74 Å². The summed E-state index contributed by atoms with van der Waals surface area (Å²) in [5.74, 6) is 1.05. The lowest BCUT2D eigenvalue weighted by molar-refractivity contribution is -0.115. The van der Waals surface area contributed by atoms with E-state index in [0.29, 0.717) is 18.1 Å². The van der Waals surface area contributed by atoms with Crippen molar-refractivity contribution in [2.75, 3.05) is 30.0 Å². The van der Waals surface area contributed by atoms with Gasteiger partial charge in [0, 0.05) is 25.0 Å². The summed E-state index contributed by atoms with van der Waals surface area (Å²) < 4.78 is 5.12. The summed E-state index contributed by atoms with van der Waals surface area (Å²) >= 11 is 1.44. The van der Waals surface area contributed by atoms with Crippen LogP contribution in [0.3, 0.4) is 0 Å². The molecular weight excluding hydrogens is 316 g/mol. The van der Waals surface area contributed by atoms with Crippen molar-refractivity contribution in [3.05, 3.63) is 24.3 Å². The quantitative estimate of drug-likeness (QED) is 0.778. The molecular formula is C16H24N2O4S. The molecule has 0 unspecified atom stereocenters. The van der Waals surface area contributed by atoms with Crippen LogP contribution >= 0.6 is 11.8 Å². The van der Waals surface area contributed by atoms with Gasteiger partial charge in [0.25, 0.3) is 0 Å². The van der Waals surface area contributed by atoms with Gasteiger partial charge in [-0.3, -0.25) is 4.79 Å². The first-order valence-corrected chi connectivity index (χ1v) is 8.45. The summed E-state index contributed by atoms with van der Waals surface area (Å²) in [5.41, 5.74) is 0.209. The number of ether oxygens (including phenoxy) is 1. The van der Waals surface area contributed by atoms with Crippen LogP contribution < -0.4 is 10.2 Å². The zero-order chi connectivity index (χ0) is 17.5. The predicted molar refractivity (Wildman–Crippen MR) is 93.1 cm³/mol. The van der Waals surface area contributed by atoms with Crippen molar-refractivity contribution < 1.29 is 19.4 Å². The lowest BCUT2D eigenvalue weighted by Crippen LogP contribution is -2.34. The number of phenols is 1. The highest BCUT2D eigenvalue weighted by Crippen LogP contribution is 2.18. The first kappa shape index (κ1) is 19.2. The van der Waals surface area contributed by atoms with Crippen LogP contribution in [-0.2, 0) is 9.53 Å². The Balaban J connectivity index is 2.24. The Kier molecular flexibility index (Phi) is 7.22. The molecule has 0 radical (unpaired) electrons. The molecule has 0 saturated carbocycles. The minimum absolute atomic E-state index is 0.0436. The minimum atomic E-state index is -0.514. The molecule has 1 aromatic rings. The molecule has 0 aliphatic carbocycles.